The Hall–Kier alpha value is -2.71. The Morgan fingerprint density at radius 2 is 2.07 bits per heavy atom. The van der Waals surface area contributed by atoms with E-state index in [0.717, 1.165) is 54.7 Å². The minimum Gasteiger partial charge on any atom is -0.378 e. The quantitative estimate of drug-likeness (QED) is 0.820. The lowest BCUT2D eigenvalue weighted by Gasteiger charge is -2.29. The molecule has 28 heavy (non-hydrogen) atoms. The van der Waals surface area contributed by atoms with Gasteiger partial charge < -0.3 is 20.7 Å². The SMILES string of the molecule is Cc1nc(N)sc1C1=NC(NC2=CCC=C(N3CCOCC3)C=C2)=NC=CC1. The molecule has 1 fully saturated rings. The monoisotopic (exact) mass is 396 g/mol. The number of nitrogens with two attached hydrogens (primary N) is 1. The number of thiazole rings is 1. The number of nitrogen functional groups attached to an aromatic ring is 1. The Morgan fingerprint density at radius 3 is 2.86 bits per heavy atom. The average molecular weight is 397 g/mol. The van der Waals surface area contributed by atoms with Crippen LogP contribution in [0.3, 0.4) is 0 Å². The maximum absolute atomic E-state index is 5.85. The van der Waals surface area contributed by atoms with Crippen molar-refractivity contribution in [2.45, 2.75) is 19.8 Å². The van der Waals surface area contributed by atoms with Crippen molar-refractivity contribution in [1.29, 1.82) is 0 Å². The summed E-state index contributed by atoms with van der Waals surface area (Å²) in [5.41, 5.74) is 9.91. The summed E-state index contributed by atoms with van der Waals surface area (Å²) in [7, 11) is 0. The molecule has 1 aromatic heterocycles. The molecule has 0 radical (unpaired) electrons. The number of morpholine rings is 1. The summed E-state index contributed by atoms with van der Waals surface area (Å²) < 4.78 is 5.44. The van der Waals surface area contributed by atoms with Gasteiger partial charge in [-0.2, -0.15) is 0 Å². The standard InChI is InChI=1S/C20H24N6OS/c1-14-18(28-19(21)23-14)17-6-3-9-22-20(25-17)24-15-4-2-5-16(8-7-15)26-10-12-27-13-11-26/h3-5,7-9H,2,6,10-13H2,1H3,(H2,21,23)(H,22,24). The predicted octanol–water partition coefficient (Wildman–Crippen LogP) is 2.75. The Morgan fingerprint density at radius 1 is 1.21 bits per heavy atom. The van der Waals surface area contributed by atoms with E-state index < -0.39 is 0 Å². The zero-order valence-electron chi connectivity index (χ0n) is 15.9. The van der Waals surface area contributed by atoms with Gasteiger partial charge in [0.25, 0.3) is 0 Å². The first kappa shape index (κ1) is 18.6. The highest BCUT2D eigenvalue weighted by Gasteiger charge is 2.15. The number of ether oxygens (including phenoxy) is 1. The molecule has 3 heterocycles. The number of aromatic nitrogens is 1. The predicted molar refractivity (Wildman–Crippen MR) is 114 cm³/mol. The van der Waals surface area contributed by atoms with Crippen molar-refractivity contribution in [2.75, 3.05) is 32.0 Å². The summed E-state index contributed by atoms with van der Waals surface area (Å²) in [6.07, 6.45) is 13.9. The van der Waals surface area contributed by atoms with Crippen LogP contribution < -0.4 is 11.1 Å². The molecule has 2 aliphatic heterocycles. The summed E-state index contributed by atoms with van der Waals surface area (Å²) in [6.45, 7) is 5.39. The van der Waals surface area contributed by atoms with Gasteiger partial charge in [-0.1, -0.05) is 29.6 Å². The van der Waals surface area contributed by atoms with Crippen molar-refractivity contribution in [2.24, 2.45) is 9.98 Å². The smallest absolute Gasteiger partial charge is 0.227 e. The second-order valence-corrected chi connectivity index (χ2v) is 7.68. The minimum atomic E-state index is 0.561. The molecule has 3 aliphatic rings. The van der Waals surface area contributed by atoms with Gasteiger partial charge in [0.05, 0.1) is 29.5 Å². The van der Waals surface area contributed by atoms with E-state index in [0.29, 0.717) is 17.5 Å². The minimum absolute atomic E-state index is 0.561. The summed E-state index contributed by atoms with van der Waals surface area (Å²) in [5, 5.41) is 3.91. The average Bonchev–Trinajstić information content (AvgIpc) is 2.90. The molecule has 0 bridgehead atoms. The number of allylic oxidation sites excluding steroid dienone is 5. The van der Waals surface area contributed by atoms with Gasteiger partial charge in [-0.3, -0.25) is 0 Å². The second-order valence-electron chi connectivity index (χ2n) is 6.65. The summed E-state index contributed by atoms with van der Waals surface area (Å²) in [4.78, 5) is 16.9. The summed E-state index contributed by atoms with van der Waals surface area (Å²) in [5.74, 6) is 0.570. The van der Waals surface area contributed by atoms with E-state index in [9.17, 15) is 0 Å². The third kappa shape index (κ3) is 4.40. The third-order valence-corrected chi connectivity index (χ3v) is 5.70. The maximum atomic E-state index is 5.85. The number of hydrogen-bond acceptors (Lipinski definition) is 8. The number of aliphatic imine (C=N–C) groups is 2. The molecule has 8 heteroatoms. The van der Waals surface area contributed by atoms with Crippen molar-refractivity contribution >= 4 is 28.1 Å². The highest BCUT2D eigenvalue weighted by molar-refractivity contribution is 7.17. The van der Waals surface area contributed by atoms with Crippen LogP contribution in [0, 0.1) is 6.92 Å². The van der Waals surface area contributed by atoms with Crippen LogP contribution in [-0.2, 0) is 4.74 Å². The zero-order chi connectivity index (χ0) is 19.3. The molecule has 0 unspecified atom stereocenters. The number of hydrogen-bond donors (Lipinski definition) is 2. The van der Waals surface area contributed by atoms with Gasteiger partial charge in [-0.05, 0) is 25.5 Å². The fourth-order valence-corrected chi connectivity index (χ4v) is 4.11. The van der Waals surface area contributed by atoms with Crippen LogP contribution >= 0.6 is 11.3 Å². The van der Waals surface area contributed by atoms with Crippen LogP contribution in [0.1, 0.15) is 23.4 Å². The lowest BCUT2D eigenvalue weighted by atomic mass is 10.2. The Labute approximate surface area is 168 Å². The fraction of sp³-hybridized carbons (Fsp3) is 0.350. The molecule has 0 atom stereocenters. The van der Waals surface area contributed by atoms with Crippen molar-refractivity contribution in [1.82, 2.24) is 15.2 Å². The van der Waals surface area contributed by atoms with Gasteiger partial charge in [-0.15, -0.1) is 0 Å². The molecule has 1 saturated heterocycles. The number of rotatable bonds is 3. The van der Waals surface area contributed by atoms with Gasteiger partial charge in [0.1, 0.15) is 0 Å². The molecular formula is C20H24N6OS. The molecule has 0 aromatic carbocycles. The Kier molecular flexibility index (Phi) is 5.68. The van der Waals surface area contributed by atoms with Gasteiger partial charge in [-0.25, -0.2) is 15.0 Å². The van der Waals surface area contributed by atoms with Crippen molar-refractivity contribution in [3.63, 3.8) is 0 Å². The lowest BCUT2D eigenvalue weighted by Crippen LogP contribution is -2.35. The number of nitrogens with one attached hydrogen (secondary N) is 1. The van der Waals surface area contributed by atoms with E-state index in [-0.39, 0.29) is 0 Å². The van der Waals surface area contributed by atoms with Crippen molar-refractivity contribution in [3.05, 3.63) is 58.5 Å². The van der Waals surface area contributed by atoms with E-state index >= 15 is 0 Å². The van der Waals surface area contributed by atoms with Crippen LogP contribution in [0.2, 0.25) is 0 Å². The van der Waals surface area contributed by atoms with E-state index in [1.165, 1.54) is 17.0 Å². The lowest BCUT2D eigenvalue weighted by molar-refractivity contribution is 0.0553. The van der Waals surface area contributed by atoms with Gasteiger partial charge in [0.2, 0.25) is 5.96 Å². The zero-order valence-corrected chi connectivity index (χ0v) is 16.7. The van der Waals surface area contributed by atoms with Crippen LogP contribution in [-0.4, -0.2) is 47.9 Å². The molecule has 0 spiro atoms. The number of aryl methyl sites for hydroxylation is 1. The highest BCUT2D eigenvalue weighted by Crippen LogP contribution is 2.23. The molecule has 4 rings (SSSR count). The van der Waals surface area contributed by atoms with E-state index in [4.69, 9.17) is 15.5 Å². The van der Waals surface area contributed by atoms with Crippen molar-refractivity contribution in [3.8, 4) is 0 Å². The first-order valence-corrected chi connectivity index (χ1v) is 10.2. The number of anilines is 1. The van der Waals surface area contributed by atoms with Crippen LogP contribution in [0.4, 0.5) is 5.13 Å². The number of guanidine groups is 1. The molecule has 0 amide bonds. The third-order valence-electron chi connectivity index (χ3n) is 4.66. The molecular weight excluding hydrogens is 372 g/mol. The van der Waals surface area contributed by atoms with E-state index in [2.05, 4.69) is 44.5 Å². The highest BCUT2D eigenvalue weighted by atomic mass is 32.1. The maximum Gasteiger partial charge on any atom is 0.227 e. The van der Waals surface area contributed by atoms with E-state index in [1.807, 2.05) is 13.0 Å². The summed E-state index contributed by atoms with van der Waals surface area (Å²) in [6, 6.07) is 0. The largest absolute Gasteiger partial charge is 0.378 e. The summed E-state index contributed by atoms with van der Waals surface area (Å²) >= 11 is 1.46. The topological polar surface area (TPSA) is 88.1 Å². The first-order chi connectivity index (χ1) is 13.7. The second kappa shape index (κ2) is 8.53. The molecule has 3 N–H and O–H groups in total. The number of nitrogens with zero attached hydrogens (tertiary/aromatic N) is 4. The van der Waals surface area contributed by atoms with Crippen molar-refractivity contribution < 1.29 is 4.74 Å². The van der Waals surface area contributed by atoms with Gasteiger partial charge in [0, 0.05) is 37.1 Å². The fourth-order valence-electron chi connectivity index (χ4n) is 3.27. The van der Waals surface area contributed by atoms with E-state index in [1.54, 1.807) is 6.20 Å². The van der Waals surface area contributed by atoms with Gasteiger partial charge >= 0.3 is 0 Å². The molecule has 7 nitrogen and oxygen atoms in total. The molecule has 1 aromatic rings. The Bertz CT molecular complexity index is 915. The normalized spacial score (nSPS) is 20.0. The molecule has 0 saturated carbocycles. The molecule has 146 valence electrons. The van der Waals surface area contributed by atoms with Crippen LogP contribution in [0.5, 0.6) is 0 Å². The first-order valence-electron chi connectivity index (χ1n) is 9.41. The van der Waals surface area contributed by atoms with Gasteiger partial charge in [0.15, 0.2) is 5.13 Å². The Balaban J connectivity index is 1.48. The molecule has 1 aliphatic carbocycles. The van der Waals surface area contributed by atoms with Crippen LogP contribution in [0.25, 0.3) is 0 Å². The van der Waals surface area contributed by atoms with Crippen LogP contribution in [0.15, 0.2) is 58.0 Å².